The minimum Gasteiger partial charge on any atom is -0.371 e. The minimum atomic E-state index is -2.19. The maximum atomic E-state index is 12.8. The molecule has 0 N–H and O–H groups in total. The summed E-state index contributed by atoms with van der Waals surface area (Å²) in [6.45, 7) is 13.4. The fourth-order valence-electron chi connectivity index (χ4n) is 6.57. The van der Waals surface area contributed by atoms with Gasteiger partial charge >= 0.3 is 0 Å². The standard InChI is InChI=1S/C32H43F2N/c1-5-25-20-26(13-14-27(25)19-23(2)3)24(4)35-17-15-32(16-18-35)21-28-9-6-7-11-30(28)29(22-32)10-8-12-31(33)34/h6-7,9,11,13-14,20,23,29,31H,4-5,8,10,12,15-19,21-22H2,1-3H3. The quantitative estimate of drug-likeness (QED) is 0.348. The number of hydrogen-bond acceptors (Lipinski definition) is 1. The Labute approximate surface area is 211 Å². The van der Waals surface area contributed by atoms with Gasteiger partial charge in [0.15, 0.2) is 0 Å². The number of rotatable bonds is 9. The first kappa shape index (κ1) is 25.9. The summed E-state index contributed by atoms with van der Waals surface area (Å²) in [6, 6.07) is 15.7. The molecular weight excluding hydrogens is 436 g/mol. The smallest absolute Gasteiger partial charge is 0.238 e. The number of nitrogens with zero attached hydrogens (tertiary/aromatic N) is 1. The van der Waals surface area contributed by atoms with E-state index in [1.165, 1.54) is 27.8 Å². The first-order valence-electron chi connectivity index (χ1n) is 13.7. The van der Waals surface area contributed by atoms with Gasteiger partial charge in [0.05, 0.1) is 0 Å². The highest BCUT2D eigenvalue weighted by Crippen LogP contribution is 2.50. The number of benzene rings is 2. The Bertz CT molecular complexity index is 1000. The number of alkyl halides is 2. The van der Waals surface area contributed by atoms with Crippen LogP contribution >= 0.6 is 0 Å². The molecule has 0 bridgehead atoms. The molecule has 0 radical (unpaired) electrons. The Hall–Kier alpha value is -2.16. The predicted octanol–water partition coefficient (Wildman–Crippen LogP) is 8.67. The van der Waals surface area contributed by atoms with Gasteiger partial charge in [-0.3, -0.25) is 0 Å². The van der Waals surface area contributed by atoms with Gasteiger partial charge in [-0.15, -0.1) is 0 Å². The molecule has 1 aliphatic carbocycles. The number of hydrogen-bond donors (Lipinski definition) is 0. The Balaban J connectivity index is 1.44. The molecular formula is C32H43F2N. The molecule has 1 aliphatic heterocycles. The van der Waals surface area contributed by atoms with Crippen molar-refractivity contribution in [2.45, 2.75) is 90.9 Å². The lowest BCUT2D eigenvalue weighted by Crippen LogP contribution is -2.42. The van der Waals surface area contributed by atoms with E-state index in [4.69, 9.17) is 0 Å². The van der Waals surface area contributed by atoms with Gasteiger partial charge in [-0.1, -0.05) is 63.7 Å². The van der Waals surface area contributed by atoms with E-state index in [1.807, 2.05) is 0 Å². The summed E-state index contributed by atoms with van der Waals surface area (Å²) in [5, 5.41) is 0. The van der Waals surface area contributed by atoms with Crippen molar-refractivity contribution in [1.82, 2.24) is 4.90 Å². The number of fused-ring (bicyclic) bond motifs is 1. The zero-order valence-electron chi connectivity index (χ0n) is 22.0. The largest absolute Gasteiger partial charge is 0.371 e. The first-order valence-corrected chi connectivity index (χ1v) is 13.7. The maximum absolute atomic E-state index is 12.8. The molecule has 1 saturated heterocycles. The zero-order valence-corrected chi connectivity index (χ0v) is 22.0. The van der Waals surface area contributed by atoms with E-state index in [1.54, 1.807) is 0 Å². The van der Waals surface area contributed by atoms with Crippen molar-refractivity contribution in [3.63, 3.8) is 0 Å². The van der Waals surface area contributed by atoms with Crippen molar-refractivity contribution >= 4 is 5.70 Å². The van der Waals surface area contributed by atoms with Crippen LogP contribution in [-0.4, -0.2) is 24.4 Å². The molecule has 0 aromatic heterocycles. The van der Waals surface area contributed by atoms with Crippen LogP contribution in [0.5, 0.6) is 0 Å². The highest BCUT2D eigenvalue weighted by atomic mass is 19.3. The van der Waals surface area contributed by atoms with Gasteiger partial charge in [0.25, 0.3) is 0 Å². The van der Waals surface area contributed by atoms with Crippen LogP contribution in [0.1, 0.15) is 93.0 Å². The first-order chi connectivity index (χ1) is 16.8. The second-order valence-corrected chi connectivity index (χ2v) is 11.5. The van der Waals surface area contributed by atoms with Gasteiger partial charge in [-0.2, -0.15) is 0 Å². The van der Waals surface area contributed by atoms with Gasteiger partial charge in [-0.25, -0.2) is 8.78 Å². The van der Waals surface area contributed by atoms with Crippen molar-refractivity contribution in [1.29, 1.82) is 0 Å². The van der Waals surface area contributed by atoms with E-state index < -0.39 is 6.43 Å². The Morgan fingerprint density at radius 2 is 1.83 bits per heavy atom. The molecule has 0 saturated carbocycles. The molecule has 4 rings (SSSR count). The topological polar surface area (TPSA) is 3.24 Å². The van der Waals surface area contributed by atoms with Crippen molar-refractivity contribution in [3.8, 4) is 0 Å². The Morgan fingerprint density at radius 3 is 2.51 bits per heavy atom. The van der Waals surface area contributed by atoms with Crippen LogP contribution in [0.15, 0.2) is 49.0 Å². The average molecular weight is 480 g/mol. The molecule has 1 fully saturated rings. The van der Waals surface area contributed by atoms with Crippen molar-refractivity contribution in [2.75, 3.05) is 13.1 Å². The zero-order chi connectivity index (χ0) is 25.0. The third-order valence-corrected chi connectivity index (χ3v) is 8.47. The molecule has 3 heteroatoms. The molecule has 35 heavy (non-hydrogen) atoms. The minimum absolute atomic E-state index is 0.0228. The van der Waals surface area contributed by atoms with Gasteiger partial charge in [0, 0.05) is 25.2 Å². The predicted molar refractivity (Wildman–Crippen MR) is 144 cm³/mol. The molecule has 1 nitrogen and oxygen atoms in total. The molecule has 1 atom stereocenters. The van der Waals surface area contributed by atoms with Crippen LogP contribution in [0.3, 0.4) is 0 Å². The van der Waals surface area contributed by atoms with Crippen LogP contribution in [0.25, 0.3) is 5.70 Å². The maximum Gasteiger partial charge on any atom is 0.238 e. The number of aryl methyl sites for hydroxylation is 1. The second-order valence-electron chi connectivity index (χ2n) is 11.5. The molecule has 1 heterocycles. The molecule has 1 spiro atoms. The van der Waals surface area contributed by atoms with Crippen LogP contribution in [0.2, 0.25) is 0 Å². The number of halogens is 2. The van der Waals surface area contributed by atoms with E-state index in [9.17, 15) is 8.78 Å². The normalized spacial score (nSPS) is 19.4. The average Bonchev–Trinajstić information content (AvgIpc) is 2.84. The Kier molecular flexibility index (Phi) is 8.34. The summed E-state index contributed by atoms with van der Waals surface area (Å²) < 4.78 is 25.6. The number of piperidine rings is 1. The number of likely N-dealkylation sites (tertiary alicyclic amines) is 1. The van der Waals surface area contributed by atoms with Crippen molar-refractivity contribution < 1.29 is 8.78 Å². The van der Waals surface area contributed by atoms with E-state index in [-0.39, 0.29) is 11.8 Å². The Morgan fingerprint density at radius 1 is 1.09 bits per heavy atom. The van der Waals surface area contributed by atoms with E-state index in [0.717, 1.165) is 63.7 Å². The molecule has 2 aromatic rings. The summed E-state index contributed by atoms with van der Waals surface area (Å²) in [5.41, 5.74) is 8.46. The highest BCUT2D eigenvalue weighted by Gasteiger charge is 2.41. The van der Waals surface area contributed by atoms with Gasteiger partial charge in [0.2, 0.25) is 6.43 Å². The fraction of sp³-hybridized carbons (Fsp3) is 0.562. The van der Waals surface area contributed by atoms with Crippen LogP contribution in [-0.2, 0) is 19.3 Å². The second kappa shape index (κ2) is 11.3. The highest BCUT2D eigenvalue weighted by molar-refractivity contribution is 5.63. The molecule has 1 unspecified atom stereocenters. The summed E-state index contributed by atoms with van der Waals surface area (Å²) >= 11 is 0. The third-order valence-electron chi connectivity index (χ3n) is 8.47. The van der Waals surface area contributed by atoms with Crippen LogP contribution < -0.4 is 0 Å². The summed E-state index contributed by atoms with van der Waals surface area (Å²) in [6.07, 6.45) is 6.07. The summed E-state index contributed by atoms with van der Waals surface area (Å²) in [4.78, 5) is 2.48. The fourth-order valence-corrected chi connectivity index (χ4v) is 6.57. The van der Waals surface area contributed by atoms with Gasteiger partial charge in [0.1, 0.15) is 0 Å². The van der Waals surface area contributed by atoms with E-state index in [2.05, 4.69) is 74.7 Å². The summed E-state index contributed by atoms with van der Waals surface area (Å²) in [7, 11) is 0. The van der Waals surface area contributed by atoms with Gasteiger partial charge in [-0.05, 0) is 103 Å². The van der Waals surface area contributed by atoms with E-state index in [0.29, 0.717) is 18.3 Å². The molecule has 0 amide bonds. The van der Waals surface area contributed by atoms with Gasteiger partial charge < -0.3 is 4.90 Å². The molecule has 190 valence electrons. The van der Waals surface area contributed by atoms with Crippen LogP contribution in [0.4, 0.5) is 8.78 Å². The monoisotopic (exact) mass is 479 g/mol. The lowest BCUT2D eigenvalue weighted by molar-refractivity contribution is 0.104. The lowest BCUT2D eigenvalue weighted by Gasteiger charge is -2.48. The van der Waals surface area contributed by atoms with Crippen molar-refractivity contribution in [2.24, 2.45) is 11.3 Å². The van der Waals surface area contributed by atoms with Crippen molar-refractivity contribution in [3.05, 3.63) is 76.9 Å². The SMILES string of the molecule is C=C(c1ccc(CC(C)C)c(CC)c1)N1CCC2(CC1)Cc1ccccc1C(CCCC(F)F)C2. The molecule has 2 aromatic carbocycles. The van der Waals surface area contributed by atoms with E-state index >= 15 is 0 Å². The lowest BCUT2D eigenvalue weighted by atomic mass is 9.62. The molecule has 2 aliphatic rings. The third kappa shape index (κ3) is 6.16. The summed E-state index contributed by atoms with van der Waals surface area (Å²) in [5.74, 6) is 1.07. The van der Waals surface area contributed by atoms with Crippen LogP contribution in [0, 0.1) is 11.3 Å².